The van der Waals surface area contributed by atoms with Crippen molar-refractivity contribution in [3.8, 4) is 0 Å². The molecule has 3 atom stereocenters. The molecule has 0 saturated heterocycles. The maximum absolute atomic E-state index is 12.7. The smallest absolute Gasteiger partial charge is 0.335 e. The number of ether oxygens (including phenoxy) is 2. The molecule has 0 fully saturated rings. The van der Waals surface area contributed by atoms with E-state index >= 15 is 0 Å². The minimum atomic E-state index is -0.745. The van der Waals surface area contributed by atoms with Crippen molar-refractivity contribution in [1.82, 2.24) is 0 Å². The van der Waals surface area contributed by atoms with Gasteiger partial charge in [0.05, 0.1) is 24.4 Å². The summed E-state index contributed by atoms with van der Waals surface area (Å²) >= 11 is 0. The summed E-state index contributed by atoms with van der Waals surface area (Å²) in [5.41, 5.74) is 3.31. The van der Waals surface area contributed by atoms with E-state index in [1.54, 1.807) is 13.8 Å². The molecule has 0 spiro atoms. The largest absolute Gasteiger partial charge is 0.463 e. The maximum Gasteiger partial charge on any atom is 0.335 e. The summed E-state index contributed by atoms with van der Waals surface area (Å²) in [6.45, 7) is 8.29. The fourth-order valence-electron chi connectivity index (χ4n) is 3.76. The normalized spacial score (nSPS) is 24.7. The molecule has 5 heteroatoms. The molecule has 0 radical (unpaired) electrons. The van der Waals surface area contributed by atoms with Gasteiger partial charge in [-0.25, -0.2) is 9.59 Å². The maximum atomic E-state index is 12.7. The van der Waals surface area contributed by atoms with Gasteiger partial charge in [-0.2, -0.15) is 0 Å². The third-order valence-electron chi connectivity index (χ3n) is 4.88. The molecule has 2 aliphatic heterocycles. The molecule has 2 bridgehead atoms. The molecule has 0 aliphatic carbocycles. The zero-order chi connectivity index (χ0) is 18.1. The highest BCUT2D eigenvalue weighted by molar-refractivity contribution is 7.69. The minimum Gasteiger partial charge on any atom is -0.463 e. The van der Waals surface area contributed by atoms with Gasteiger partial charge in [0.25, 0.3) is 0 Å². The highest BCUT2D eigenvalue weighted by Crippen LogP contribution is 2.67. The SMILES string of the molecule is CCOC(=O)C1=C(C(=O)OCC)[C@@H]2C(C)=C(C)[C@H]1P2c1ccccc1. The van der Waals surface area contributed by atoms with E-state index in [0.717, 1.165) is 0 Å². The van der Waals surface area contributed by atoms with E-state index in [2.05, 4.69) is 26.0 Å². The number of benzene rings is 1. The standard InChI is InChI=1S/C20H23O4P/c1-5-23-19(21)15-16(20(22)24-6-2)18-13(4)12(3)17(15)25(18)14-10-8-7-9-11-14/h7-11,17-18H,5-6H2,1-4H3/t17-,18+,25?. The van der Waals surface area contributed by atoms with Crippen molar-refractivity contribution in [1.29, 1.82) is 0 Å². The number of fused-ring (bicyclic) bond motifs is 2. The fraction of sp³-hybridized carbons (Fsp3) is 0.400. The van der Waals surface area contributed by atoms with Gasteiger partial charge in [0, 0.05) is 11.3 Å². The van der Waals surface area contributed by atoms with Crippen molar-refractivity contribution in [3.63, 3.8) is 0 Å². The van der Waals surface area contributed by atoms with Crippen molar-refractivity contribution in [3.05, 3.63) is 52.6 Å². The topological polar surface area (TPSA) is 52.6 Å². The van der Waals surface area contributed by atoms with E-state index in [1.807, 2.05) is 18.2 Å². The Balaban J connectivity index is 2.12. The van der Waals surface area contributed by atoms with Crippen molar-refractivity contribution >= 4 is 25.2 Å². The number of hydrogen-bond donors (Lipinski definition) is 0. The van der Waals surface area contributed by atoms with Crippen LogP contribution in [0.1, 0.15) is 27.7 Å². The van der Waals surface area contributed by atoms with Crippen LogP contribution in [0.2, 0.25) is 0 Å². The summed E-state index contributed by atoms with van der Waals surface area (Å²) in [6.07, 6.45) is 0. The Hall–Kier alpha value is -1.93. The number of rotatable bonds is 5. The number of carbonyl (C=O) groups excluding carboxylic acids is 2. The average Bonchev–Trinajstić information content (AvgIpc) is 3.08. The molecule has 1 aromatic carbocycles. The summed E-state index contributed by atoms with van der Waals surface area (Å²) in [7, 11) is -0.745. The second-order valence-electron chi connectivity index (χ2n) is 6.18. The zero-order valence-corrected chi connectivity index (χ0v) is 15.9. The Morgan fingerprint density at radius 2 is 1.32 bits per heavy atom. The third-order valence-corrected chi connectivity index (χ3v) is 8.18. The first-order chi connectivity index (χ1) is 12.0. The van der Waals surface area contributed by atoms with Crippen molar-refractivity contribution in [2.45, 2.75) is 39.0 Å². The Morgan fingerprint density at radius 3 is 1.72 bits per heavy atom. The van der Waals surface area contributed by atoms with Gasteiger partial charge in [-0.05, 0) is 33.0 Å². The summed E-state index contributed by atoms with van der Waals surface area (Å²) in [6, 6.07) is 10.2. The summed E-state index contributed by atoms with van der Waals surface area (Å²) < 4.78 is 10.6. The minimum absolute atomic E-state index is 0.0548. The molecule has 1 aromatic rings. The van der Waals surface area contributed by atoms with Crippen LogP contribution >= 0.6 is 7.92 Å². The molecule has 0 amide bonds. The Bertz CT molecular complexity index is 719. The molecule has 0 N–H and O–H groups in total. The van der Waals surface area contributed by atoms with E-state index in [4.69, 9.17) is 9.47 Å². The average molecular weight is 358 g/mol. The van der Waals surface area contributed by atoms with Gasteiger partial charge in [-0.3, -0.25) is 0 Å². The van der Waals surface area contributed by atoms with Crippen LogP contribution in [0.3, 0.4) is 0 Å². The predicted octanol–water partition coefficient (Wildman–Crippen LogP) is 3.32. The Labute approximate surface area is 149 Å². The Morgan fingerprint density at radius 1 is 0.880 bits per heavy atom. The van der Waals surface area contributed by atoms with E-state index in [9.17, 15) is 9.59 Å². The van der Waals surface area contributed by atoms with Gasteiger partial charge in [-0.1, -0.05) is 49.4 Å². The summed E-state index contributed by atoms with van der Waals surface area (Å²) in [4.78, 5) is 25.4. The molecule has 2 aliphatic rings. The van der Waals surface area contributed by atoms with E-state index in [0.29, 0.717) is 24.4 Å². The first-order valence-electron chi connectivity index (χ1n) is 8.61. The second kappa shape index (κ2) is 7.13. The number of esters is 2. The van der Waals surface area contributed by atoms with Gasteiger partial charge >= 0.3 is 11.9 Å². The lowest BCUT2D eigenvalue weighted by Gasteiger charge is -2.20. The van der Waals surface area contributed by atoms with Crippen LogP contribution in [0.25, 0.3) is 0 Å². The molecule has 2 heterocycles. The van der Waals surface area contributed by atoms with Crippen LogP contribution in [-0.2, 0) is 19.1 Å². The number of hydrogen-bond acceptors (Lipinski definition) is 4. The zero-order valence-electron chi connectivity index (χ0n) is 15.0. The van der Waals surface area contributed by atoms with E-state index in [-0.39, 0.29) is 23.3 Å². The van der Waals surface area contributed by atoms with Crippen molar-refractivity contribution in [2.24, 2.45) is 0 Å². The first-order valence-corrected chi connectivity index (χ1v) is 10.1. The quantitative estimate of drug-likeness (QED) is 0.460. The van der Waals surface area contributed by atoms with Crippen molar-refractivity contribution in [2.75, 3.05) is 13.2 Å². The first kappa shape index (κ1) is 17.9. The molecule has 4 nitrogen and oxygen atoms in total. The monoisotopic (exact) mass is 358 g/mol. The lowest BCUT2D eigenvalue weighted by atomic mass is 9.87. The molecule has 0 aromatic heterocycles. The summed E-state index contributed by atoms with van der Waals surface area (Å²) in [5, 5.41) is 1.20. The van der Waals surface area contributed by atoms with Crippen LogP contribution in [0.15, 0.2) is 52.6 Å². The van der Waals surface area contributed by atoms with Gasteiger partial charge in [0.15, 0.2) is 0 Å². The predicted molar refractivity (Wildman–Crippen MR) is 99.2 cm³/mol. The second-order valence-corrected chi connectivity index (χ2v) is 8.55. The lowest BCUT2D eigenvalue weighted by molar-refractivity contribution is -0.141. The van der Waals surface area contributed by atoms with Crippen LogP contribution in [0, 0.1) is 0 Å². The van der Waals surface area contributed by atoms with Crippen molar-refractivity contribution < 1.29 is 19.1 Å². The molecule has 3 rings (SSSR count). The molecule has 0 saturated carbocycles. The van der Waals surface area contributed by atoms with Gasteiger partial charge < -0.3 is 9.47 Å². The van der Waals surface area contributed by atoms with E-state index in [1.165, 1.54) is 16.5 Å². The summed E-state index contributed by atoms with van der Waals surface area (Å²) in [5.74, 6) is -0.762. The molecule has 132 valence electrons. The lowest BCUT2D eigenvalue weighted by Crippen LogP contribution is -2.25. The van der Waals surface area contributed by atoms with Crippen LogP contribution in [0.4, 0.5) is 0 Å². The molecular weight excluding hydrogens is 335 g/mol. The number of carbonyl (C=O) groups is 2. The van der Waals surface area contributed by atoms with E-state index < -0.39 is 7.92 Å². The molecular formula is C20H23O4P. The third kappa shape index (κ3) is 2.83. The van der Waals surface area contributed by atoms with Crippen LogP contribution in [0.5, 0.6) is 0 Å². The molecule has 25 heavy (non-hydrogen) atoms. The van der Waals surface area contributed by atoms with Gasteiger partial charge in [0.2, 0.25) is 0 Å². The van der Waals surface area contributed by atoms with Crippen LogP contribution in [-0.4, -0.2) is 36.5 Å². The Kier molecular flexibility index (Phi) is 5.10. The van der Waals surface area contributed by atoms with Gasteiger partial charge in [-0.15, -0.1) is 0 Å². The number of allylic oxidation sites excluding steroid dienone is 2. The molecule has 1 unspecified atom stereocenters. The van der Waals surface area contributed by atoms with Gasteiger partial charge in [0.1, 0.15) is 0 Å². The fourth-order valence-corrected chi connectivity index (χ4v) is 7.46. The van der Waals surface area contributed by atoms with Crippen LogP contribution < -0.4 is 5.30 Å². The highest BCUT2D eigenvalue weighted by Gasteiger charge is 2.55. The highest BCUT2D eigenvalue weighted by atomic mass is 31.1.